The number of aliphatic hydroxyl groups is 1. The molecule has 2 heteroatoms. The van der Waals surface area contributed by atoms with Crippen LogP contribution in [0.4, 0.5) is 0 Å². The van der Waals surface area contributed by atoms with Gasteiger partial charge in [0.25, 0.3) is 0 Å². The first-order valence-electron chi connectivity index (χ1n) is 5.09. The third-order valence-electron chi connectivity index (χ3n) is 1.92. The third-order valence-corrected chi connectivity index (χ3v) is 1.92. The van der Waals surface area contributed by atoms with Crippen LogP contribution in [-0.2, 0) is 0 Å². The van der Waals surface area contributed by atoms with Gasteiger partial charge < -0.3 is 10.4 Å². The Labute approximate surface area is 76.4 Å². The summed E-state index contributed by atoms with van der Waals surface area (Å²) in [5, 5.41) is 11.7. The van der Waals surface area contributed by atoms with Gasteiger partial charge in [-0.25, -0.2) is 0 Å². The summed E-state index contributed by atoms with van der Waals surface area (Å²) in [6, 6.07) is 0. The molecule has 0 atom stereocenters. The normalized spacial score (nSPS) is 11.0. The van der Waals surface area contributed by atoms with Crippen LogP contribution in [0.25, 0.3) is 0 Å². The fraction of sp³-hybridized carbons (Fsp3) is 1.00. The molecule has 0 saturated carbocycles. The Kier molecular flexibility index (Phi) is 8.95. The molecule has 0 amide bonds. The van der Waals surface area contributed by atoms with Crippen molar-refractivity contribution >= 4 is 0 Å². The van der Waals surface area contributed by atoms with Crippen LogP contribution in [0.5, 0.6) is 0 Å². The fourth-order valence-corrected chi connectivity index (χ4v) is 1.18. The molecule has 0 aliphatic rings. The maximum absolute atomic E-state index is 8.48. The number of rotatable bonds is 8. The molecule has 0 unspecified atom stereocenters. The SMILES string of the molecule is CC(C)CCCCCNCCO. The first-order chi connectivity index (χ1) is 5.77. The van der Waals surface area contributed by atoms with Gasteiger partial charge in [-0.3, -0.25) is 0 Å². The first kappa shape index (κ1) is 11.9. The van der Waals surface area contributed by atoms with Crippen molar-refractivity contribution in [2.75, 3.05) is 19.7 Å². The van der Waals surface area contributed by atoms with E-state index in [-0.39, 0.29) is 6.61 Å². The van der Waals surface area contributed by atoms with E-state index in [1.54, 1.807) is 0 Å². The summed E-state index contributed by atoms with van der Waals surface area (Å²) < 4.78 is 0. The van der Waals surface area contributed by atoms with Crippen LogP contribution in [0.15, 0.2) is 0 Å². The third kappa shape index (κ3) is 9.92. The molecular formula is C10H23NO. The van der Waals surface area contributed by atoms with Crippen molar-refractivity contribution in [3.63, 3.8) is 0 Å². The standard InChI is InChI=1S/C10H23NO/c1-10(2)6-4-3-5-7-11-8-9-12/h10-12H,3-9H2,1-2H3. The van der Waals surface area contributed by atoms with Gasteiger partial charge in [0.1, 0.15) is 0 Å². The number of nitrogens with one attached hydrogen (secondary N) is 1. The molecular weight excluding hydrogens is 150 g/mol. The molecule has 0 aromatic carbocycles. The van der Waals surface area contributed by atoms with E-state index in [2.05, 4.69) is 19.2 Å². The van der Waals surface area contributed by atoms with Crippen molar-refractivity contribution in [2.45, 2.75) is 39.5 Å². The molecule has 0 saturated heterocycles. The van der Waals surface area contributed by atoms with Gasteiger partial charge in [0.15, 0.2) is 0 Å². The van der Waals surface area contributed by atoms with E-state index in [1.165, 1.54) is 25.7 Å². The van der Waals surface area contributed by atoms with Gasteiger partial charge in [0.05, 0.1) is 6.61 Å². The second-order valence-electron chi connectivity index (χ2n) is 3.72. The van der Waals surface area contributed by atoms with Crippen molar-refractivity contribution in [3.8, 4) is 0 Å². The summed E-state index contributed by atoms with van der Waals surface area (Å²) in [6.45, 7) is 6.59. The predicted molar refractivity (Wildman–Crippen MR) is 53.3 cm³/mol. The van der Waals surface area contributed by atoms with E-state index in [0.717, 1.165) is 19.0 Å². The molecule has 2 nitrogen and oxygen atoms in total. The predicted octanol–water partition coefficient (Wildman–Crippen LogP) is 1.78. The average Bonchev–Trinajstić information content (AvgIpc) is 2.02. The van der Waals surface area contributed by atoms with Crippen molar-refractivity contribution in [3.05, 3.63) is 0 Å². The zero-order chi connectivity index (χ0) is 9.23. The van der Waals surface area contributed by atoms with Crippen LogP contribution < -0.4 is 5.32 Å². The minimum absolute atomic E-state index is 0.256. The van der Waals surface area contributed by atoms with Crippen LogP contribution in [0.1, 0.15) is 39.5 Å². The van der Waals surface area contributed by atoms with Gasteiger partial charge in [0, 0.05) is 6.54 Å². The van der Waals surface area contributed by atoms with Crippen LogP contribution in [0.3, 0.4) is 0 Å². The first-order valence-corrected chi connectivity index (χ1v) is 5.09. The van der Waals surface area contributed by atoms with Gasteiger partial charge in [-0.2, -0.15) is 0 Å². The lowest BCUT2D eigenvalue weighted by Crippen LogP contribution is -2.19. The lowest BCUT2D eigenvalue weighted by atomic mass is 10.1. The molecule has 0 aromatic heterocycles. The zero-order valence-electron chi connectivity index (χ0n) is 8.47. The average molecular weight is 173 g/mol. The Hall–Kier alpha value is -0.0800. The summed E-state index contributed by atoms with van der Waals surface area (Å²) in [4.78, 5) is 0. The quantitative estimate of drug-likeness (QED) is 0.548. The maximum atomic E-state index is 8.48. The molecule has 0 spiro atoms. The van der Waals surface area contributed by atoms with Crippen LogP contribution >= 0.6 is 0 Å². The molecule has 12 heavy (non-hydrogen) atoms. The molecule has 0 bridgehead atoms. The highest BCUT2D eigenvalue weighted by atomic mass is 16.3. The summed E-state index contributed by atoms with van der Waals surface area (Å²) in [5.41, 5.74) is 0. The number of hydrogen-bond acceptors (Lipinski definition) is 2. The smallest absolute Gasteiger partial charge is 0.0555 e. The van der Waals surface area contributed by atoms with E-state index in [1.807, 2.05) is 0 Å². The van der Waals surface area contributed by atoms with Gasteiger partial charge >= 0.3 is 0 Å². The molecule has 0 radical (unpaired) electrons. The van der Waals surface area contributed by atoms with Crippen molar-refractivity contribution in [1.82, 2.24) is 5.32 Å². The molecule has 2 N–H and O–H groups in total. The highest BCUT2D eigenvalue weighted by Gasteiger charge is 1.93. The Morgan fingerprint density at radius 3 is 2.42 bits per heavy atom. The van der Waals surface area contributed by atoms with Crippen LogP contribution in [0, 0.1) is 5.92 Å². The molecule has 0 aliphatic carbocycles. The van der Waals surface area contributed by atoms with Crippen molar-refractivity contribution in [2.24, 2.45) is 5.92 Å². The fourth-order valence-electron chi connectivity index (χ4n) is 1.18. The number of hydrogen-bond donors (Lipinski definition) is 2. The molecule has 74 valence electrons. The number of unbranched alkanes of at least 4 members (excludes halogenated alkanes) is 2. The Morgan fingerprint density at radius 2 is 1.83 bits per heavy atom. The van der Waals surface area contributed by atoms with E-state index in [9.17, 15) is 0 Å². The lowest BCUT2D eigenvalue weighted by molar-refractivity contribution is 0.292. The van der Waals surface area contributed by atoms with Gasteiger partial charge in [-0.1, -0.05) is 33.1 Å². The number of aliphatic hydroxyl groups excluding tert-OH is 1. The second kappa shape index (κ2) is 9.01. The topological polar surface area (TPSA) is 32.3 Å². The molecule has 0 aliphatic heterocycles. The Balaban J connectivity index is 2.82. The van der Waals surface area contributed by atoms with Gasteiger partial charge in [-0.15, -0.1) is 0 Å². The van der Waals surface area contributed by atoms with Crippen LogP contribution in [-0.4, -0.2) is 24.8 Å². The molecule has 0 aromatic rings. The summed E-state index contributed by atoms with van der Waals surface area (Å²) in [5.74, 6) is 0.843. The molecule has 0 rings (SSSR count). The van der Waals surface area contributed by atoms with Crippen molar-refractivity contribution < 1.29 is 5.11 Å². The maximum Gasteiger partial charge on any atom is 0.0555 e. The van der Waals surface area contributed by atoms with E-state index in [0.29, 0.717) is 0 Å². The monoisotopic (exact) mass is 173 g/mol. The minimum atomic E-state index is 0.256. The summed E-state index contributed by atoms with van der Waals surface area (Å²) in [7, 11) is 0. The van der Waals surface area contributed by atoms with E-state index >= 15 is 0 Å². The second-order valence-corrected chi connectivity index (χ2v) is 3.72. The van der Waals surface area contributed by atoms with Crippen molar-refractivity contribution in [1.29, 1.82) is 0 Å². The van der Waals surface area contributed by atoms with E-state index in [4.69, 9.17) is 5.11 Å². The van der Waals surface area contributed by atoms with Crippen LogP contribution in [0.2, 0.25) is 0 Å². The van der Waals surface area contributed by atoms with Gasteiger partial charge in [0.2, 0.25) is 0 Å². The zero-order valence-corrected chi connectivity index (χ0v) is 8.47. The highest BCUT2D eigenvalue weighted by Crippen LogP contribution is 2.07. The Morgan fingerprint density at radius 1 is 1.08 bits per heavy atom. The largest absolute Gasteiger partial charge is 0.395 e. The lowest BCUT2D eigenvalue weighted by Gasteiger charge is -2.04. The van der Waals surface area contributed by atoms with E-state index < -0.39 is 0 Å². The molecule has 0 heterocycles. The summed E-state index contributed by atoms with van der Waals surface area (Å²) in [6.07, 6.45) is 5.25. The van der Waals surface area contributed by atoms with Gasteiger partial charge in [-0.05, 0) is 18.9 Å². The highest BCUT2D eigenvalue weighted by molar-refractivity contribution is 4.50. The molecule has 0 fully saturated rings. The Bertz CT molecular complexity index is 83.9. The minimum Gasteiger partial charge on any atom is -0.395 e. The summed E-state index contributed by atoms with van der Waals surface area (Å²) >= 11 is 0.